The van der Waals surface area contributed by atoms with Crippen LogP contribution in [0.1, 0.15) is 18.4 Å². The number of pyridine rings is 1. The van der Waals surface area contributed by atoms with Gasteiger partial charge < -0.3 is 4.74 Å². The van der Waals surface area contributed by atoms with Crippen molar-refractivity contribution in [1.29, 1.82) is 0 Å². The van der Waals surface area contributed by atoms with Crippen molar-refractivity contribution in [2.45, 2.75) is 25.5 Å². The first-order chi connectivity index (χ1) is 10.2. The molecule has 0 radical (unpaired) electrons. The fourth-order valence-electron chi connectivity index (χ4n) is 2.89. The van der Waals surface area contributed by atoms with E-state index in [4.69, 9.17) is 4.74 Å². The van der Waals surface area contributed by atoms with Gasteiger partial charge in [-0.1, -0.05) is 0 Å². The number of hydrogen-bond donors (Lipinski definition) is 0. The van der Waals surface area contributed by atoms with Gasteiger partial charge in [0.1, 0.15) is 0 Å². The molecule has 112 valence electrons. The molecular weight excluding hydrogens is 264 g/mol. The molecule has 2 aromatic heterocycles. The molecule has 0 saturated carbocycles. The summed E-state index contributed by atoms with van der Waals surface area (Å²) < 4.78 is 7.29. The number of piperidine rings is 1. The molecule has 2 aromatic rings. The normalized spacial score (nSPS) is 19.8. The van der Waals surface area contributed by atoms with Gasteiger partial charge in [-0.3, -0.25) is 14.6 Å². The van der Waals surface area contributed by atoms with E-state index >= 15 is 0 Å². The van der Waals surface area contributed by atoms with Crippen LogP contribution in [0, 0.1) is 0 Å². The molecule has 0 spiro atoms. The lowest BCUT2D eigenvalue weighted by molar-refractivity contribution is 0.0285. The number of methoxy groups -OCH3 is 1. The molecule has 3 rings (SSSR count). The molecule has 3 heterocycles. The maximum Gasteiger partial charge on any atom is 0.0736 e. The van der Waals surface area contributed by atoms with Gasteiger partial charge in [-0.05, 0) is 37.1 Å². The monoisotopic (exact) mass is 286 g/mol. The van der Waals surface area contributed by atoms with Gasteiger partial charge in [-0.25, -0.2) is 0 Å². The Balaban J connectivity index is 1.71. The summed E-state index contributed by atoms with van der Waals surface area (Å²) in [6.45, 7) is 3.11. The number of nitrogens with zero attached hydrogens (tertiary/aromatic N) is 4. The summed E-state index contributed by atoms with van der Waals surface area (Å²) in [6.07, 6.45) is 8.49. The van der Waals surface area contributed by atoms with E-state index in [1.165, 1.54) is 18.4 Å². The average molecular weight is 286 g/mol. The minimum atomic E-state index is 0.374. The van der Waals surface area contributed by atoms with Crippen molar-refractivity contribution in [3.8, 4) is 11.3 Å². The predicted molar refractivity (Wildman–Crippen MR) is 81.7 cm³/mol. The second-order valence-electron chi connectivity index (χ2n) is 5.69. The van der Waals surface area contributed by atoms with E-state index in [1.807, 2.05) is 25.6 Å². The van der Waals surface area contributed by atoms with E-state index in [9.17, 15) is 0 Å². The van der Waals surface area contributed by atoms with E-state index in [-0.39, 0.29) is 0 Å². The Morgan fingerprint density at radius 2 is 2.33 bits per heavy atom. The number of hydrogen-bond acceptors (Lipinski definition) is 4. The van der Waals surface area contributed by atoms with Crippen LogP contribution in [0.4, 0.5) is 0 Å². The predicted octanol–water partition coefficient (Wildman–Crippen LogP) is 2.09. The molecule has 1 aliphatic heterocycles. The van der Waals surface area contributed by atoms with Gasteiger partial charge in [0.15, 0.2) is 0 Å². The summed E-state index contributed by atoms with van der Waals surface area (Å²) in [7, 11) is 3.73. The highest BCUT2D eigenvalue weighted by Gasteiger charge is 2.19. The van der Waals surface area contributed by atoms with Crippen molar-refractivity contribution in [3.05, 3.63) is 36.3 Å². The molecule has 0 aliphatic carbocycles. The average Bonchev–Trinajstić information content (AvgIpc) is 2.94. The molecule has 0 N–H and O–H groups in total. The third-order valence-electron chi connectivity index (χ3n) is 4.03. The summed E-state index contributed by atoms with van der Waals surface area (Å²) in [6, 6.07) is 4.25. The lowest BCUT2D eigenvalue weighted by atomic mass is 10.1. The Labute approximate surface area is 125 Å². The highest BCUT2D eigenvalue weighted by molar-refractivity contribution is 5.57. The van der Waals surface area contributed by atoms with Gasteiger partial charge in [-0.15, -0.1) is 0 Å². The molecule has 5 heteroatoms. The van der Waals surface area contributed by atoms with Gasteiger partial charge in [-0.2, -0.15) is 5.10 Å². The van der Waals surface area contributed by atoms with Gasteiger partial charge >= 0.3 is 0 Å². The molecule has 1 aliphatic rings. The van der Waals surface area contributed by atoms with Crippen LogP contribution in [-0.4, -0.2) is 46.0 Å². The first-order valence-corrected chi connectivity index (χ1v) is 7.43. The summed E-state index contributed by atoms with van der Waals surface area (Å²) in [5, 5.41) is 4.21. The van der Waals surface area contributed by atoms with Gasteiger partial charge in [0.25, 0.3) is 0 Å². The van der Waals surface area contributed by atoms with Crippen LogP contribution < -0.4 is 0 Å². The summed E-state index contributed by atoms with van der Waals surface area (Å²) in [5.74, 6) is 0. The molecule has 1 atom stereocenters. The van der Waals surface area contributed by atoms with Crippen LogP contribution in [0.25, 0.3) is 11.3 Å². The zero-order valence-electron chi connectivity index (χ0n) is 12.7. The van der Waals surface area contributed by atoms with E-state index in [2.05, 4.69) is 27.1 Å². The second-order valence-corrected chi connectivity index (χ2v) is 5.69. The maximum absolute atomic E-state index is 5.49. The molecule has 5 nitrogen and oxygen atoms in total. The van der Waals surface area contributed by atoms with Crippen LogP contribution in [0.2, 0.25) is 0 Å². The zero-order valence-corrected chi connectivity index (χ0v) is 12.7. The van der Waals surface area contributed by atoms with E-state index < -0.39 is 0 Å². The van der Waals surface area contributed by atoms with Crippen molar-refractivity contribution in [2.24, 2.45) is 7.05 Å². The topological polar surface area (TPSA) is 43.2 Å². The highest BCUT2D eigenvalue weighted by atomic mass is 16.5. The Morgan fingerprint density at radius 1 is 1.43 bits per heavy atom. The Bertz CT molecular complexity index is 595. The number of aryl methyl sites for hydroxylation is 1. The minimum absolute atomic E-state index is 0.374. The fourth-order valence-corrected chi connectivity index (χ4v) is 2.89. The summed E-state index contributed by atoms with van der Waals surface area (Å²) >= 11 is 0. The van der Waals surface area contributed by atoms with Gasteiger partial charge in [0.2, 0.25) is 0 Å². The van der Waals surface area contributed by atoms with Crippen molar-refractivity contribution >= 4 is 0 Å². The van der Waals surface area contributed by atoms with Crippen molar-refractivity contribution in [3.63, 3.8) is 0 Å². The molecular formula is C16H22N4O. The van der Waals surface area contributed by atoms with E-state index in [0.717, 1.165) is 30.9 Å². The van der Waals surface area contributed by atoms with Crippen molar-refractivity contribution in [1.82, 2.24) is 19.7 Å². The third kappa shape index (κ3) is 3.49. The molecule has 21 heavy (non-hydrogen) atoms. The third-order valence-corrected chi connectivity index (χ3v) is 4.03. The zero-order chi connectivity index (χ0) is 14.7. The molecule has 1 saturated heterocycles. The van der Waals surface area contributed by atoms with Crippen LogP contribution in [0.15, 0.2) is 30.7 Å². The van der Waals surface area contributed by atoms with Crippen molar-refractivity contribution < 1.29 is 4.74 Å². The van der Waals surface area contributed by atoms with Gasteiger partial charge in [0.05, 0.1) is 18.0 Å². The smallest absolute Gasteiger partial charge is 0.0736 e. The lowest BCUT2D eigenvalue weighted by Gasteiger charge is -2.31. The van der Waals surface area contributed by atoms with Crippen LogP contribution in [-0.2, 0) is 18.3 Å². The molecule has 1 fully saturated rings. The standard InChI is InChI=1S/C16H22N4O/c1-19-11-14(9-18-19)16-8-13(5-6-17-16)10-20-7-3-4-15(12-20)21-2/h5-6,8-9,11,15H,3-4,7,10,12H2,1-2H3. The highest BCUT2D eigenvalue weighted by Crippen LogP contribution is 2.19. The Kier molecular flexibility index (Phi) is 4.31. The number of aromatic nitrogens is 3. The molecule has 0 aromatic carbocycles. The fraction of sp³-hybridized carbons (Fsp3) is 0.500. The van der Waals surface area contributed by atoms with Crippen LogP contribution in [0.3, 0.4) is 0 Å². The maximum atomic E-state index is 5.49. The van der Waals surface area contributed by atoms with Gasteiger partial charge in [0, 0.05) is 45.2 Å². The summed E-state index contributed by atoms with van der Waals surface area (Å²) in [5.41, 5.74) is 3.34. The quantitative estimate of drug-likeness (QED) is 0.863. The largest absolute Gasteiger partial charge is 0.380 e. The number of ether oxygens (including phenoxy) is 1. The summed E-state index contributed by atoms with van der Waals surface area (Å²) in [4.78, 5) is 6.91. The molecule has 0 amide bonds. The van der Waals surface area contributed by atoms with E-state index in [0.29, 0.717) is 6.10 Å². The van der Waals surface area contributed by atoms with Crippen LogP contribution >= 0.6 is 0 Å². The Hall–Kier alpha value is -1.72. The number of likely N-dealkylation sites (tertiary alicyclic amines) is 1. The van der Waals surface area contributed by atoms with Crippen molar-refractivity contribution in [2.75, 3.05) is 20.2 Å². The molecule has 1 unspecified atom stereocenters. The first kappa shape index (κ1) is 14.2. The van der Waals surface area contributed by atoms with Crippen LogP contribution in [0.5, 0.6) is 0 Å². The van der Waals surface area contributed by atoms with E-state index in [1.54, 1.807) is 11.8 Å². The minimum Gasteiger partial charge on any atom is -0.380 e. The SMILES string of the molecule is COC1CCCN(Cc2ccnc(-c3cnn(C)c3)c2)C1. The Morgan fingerprint density at radius 3 is 3.10 bits per heavy atom. The second kappa shape index (κ2) is 6.37. The lowest BCUT2D eigenvalue weighted by Crippen LogP contribution is -2.38. The molecule has 0 bridgehead atoms. The number of rotatable bonds is 4. The first-order valence-electron chi connectivity index (χ1n) is 7.43.